The zero-order chi connectivity index (χ0) is 14.7. The van der Waals surface area contributed by atoms with Gasteiger partial charge in [0, 0.05) is 6.07 Å². The number of methoxy groups -OCH3 is 1. The summed E-state index contributed by atoms with van der Waals surface area (Å²) in [6.45, 7) is 0. The van der Waals surface area contributed by atoms with Crippen LogP contribution < -0.4 is 9.47 Å². The Bertz CT molecular complexity index is 661. The fraction of sp³-hybridized carbons (Fsp3) is 0.0769. The maximum Gasteiger partial charge on any atom is 0.314 e. The quantitative estimate of drug-likeness (QED) is 0.633. The molecule has 0 spiro atoms. The summed E-state index contributed by atoms with van der Waals surface area (Å²) in [6, 6.07) is 6.44. The van der Waals surface area contributed by atoms with Crippen molar-refractivity contribution in [3.63, 3.8) is 0 Å². The van der Waals surface area contributed by atoms with Crippen molar-refractivity contribution in [1.82, 2.24) is 0 Å². The molecule has 0 saturated carbocycles. The highest BCUT2D eigenvalue weighted by molar-refractivity contribution is 5.51. The first-order chi connectivity index (χ1) is 9.51. The minimum Gasteiger partial charge on any atom is -0.490 e. The average molecular weight is 281 g/mol. The van der Waals surface area contributed by atoms with E-state index in [2.05, 4.69) is 0 Å². The molecule has 0 radical (unpaired) electrons. The van der Waals surface area contributed by atoms with Crippen LogP contribution in [-0.4, -0.2) is 12.0 Å². The standard InChI is InChI=1S/C13H9F2NO4/c1-19-12-5-3-9(7-11(12)16(17)18)20-13-6-8(14)2-4-10(13)15/h2-7H,1H3. The molecule has 0 N–H and O–H groups in total. The lowest BCUT2D eigenvalue weighted by Gasteiger charge is -2.08. The number of halogens is 2. The highest BCUT2D eigenvalue weighted by Gasteiger charge is 2.17. The van der Waals surface area contributed by atoms with E-state index in [1.807, 2.05) is 0 Å². The SMILES string of the molecule is COc1ccc(Oc2cc(F)ccc2F)cc1[N+](=O)[O-]. The number of hydrogen-bond donors (Lipinski definition) is 0. The van der Waals surface area contributed by atoms with Crippen LogP contribution in [0.15, 0.2) is 36.4 Å². The van der Waals surface area contributed by atoms with Crippen LogP contribution in [0.3, 0.4) is 0 Å². The lowest BCUT2D eigenvalue weighted by Crippen LogP contribution is -1.95. The molecule has 0 aliphatic carbocycles. The van der Waals surface area contributed by atoms with Gasteiger partial charge >= 0.3 is 5.69 Å². The molecule has 2 aromatic rings. The summed E-state index contributed by atoms with van der Waals surface area (Å²) in [7, 11) is 1.29. The Morgan fingerprint density at radius 2 is 1.85 bits per heavy atom. The normalized spacial score (nSPS) is 10.2. The Balaban J connectivity index is 2.37. The van der Waals surface area contributed by atoms with Crippen molar-refractivity contribution < 1.29 is 23.2 Å². The van der Waals surface area contributed by atoms with E-state index >= 15 is 0 Å². The second-order valence-electron chi connectivity index (χ2n) is 3.77. The third kappa shape index (κ3) is 2.82. The average Bonchev–Trinajstić information content (AvgIpc) is 2.42. The molecular formula is C13H9F2NO4. The molecule has 0 bridgehead atoms. The minimum absolute atomic E-state index is 0.00185. The highest BCUT2D eigenvalue weighted by atomic mass is 19.1. The first-order valence-corrected chi connectivity index (χ1v) is 5.46. The zero-order valence-corrected chi connectivity index (χ0v) is 10.3. The van der Waals surface area contributed by atoms with E-state index in [4.69, 9.17) is 9.47 Å². The summed E-state index contributed by atoms with van der Waals surface area (Å²) in [5.74, 6) is -1.76. The molecule has 2 aromatic carbocycles. The van der Waals surface area contributed by atoms with E-state index in [9.17, 15) is 18.9 Å². The van der Waals surface area contributed by atoms with Crippen LogP contribution in [0.4, 0.5) is 14.5 Å². The Labute approximate surface area is 112 Å². The third-order valence-electron chi connectivity index (χ3n) is 2.47. The van der Waals surface area contributed by atoms with Crippen molar-refractivity contribution in [3.8, 4) is 17.2 Å². The van der Waals surface area contributed by atoms with Crippen LogP contribution in [-0.2, 0) is 0 Å². The summed E-state index contributed by atoms with van der Waals surface area (Å²) in [6.07, 6.45) is 0. The van der Waals surface area contributed by atoms with Crippen LogP contribution in [0, 0.1) is 21.7 Å². The van der Waals surface area contributed by atoms with Gasteiger partial charge in [0.15, 0.2) is 17.3 Å². The number of nitro benzene ring substituents is 1. The predicted molar refractivity (Wildman–Crippen MR) is 66.1 cm³/mol. The van der Waals surface area contributed by atoms with Gasteiger partial charge in [-0.15, -0.1) is 0 Å². The molecule has 0 aliphatic rings. The smallest absolute Gasteiger partial charge is 0.314 e. The van der Waals surface area contributed by atoms with Gasteiger partial charge in [-0.25, -0.2) is 8.78 Å². The van der Waals surface area contributed by atoms with Gasteiger partial charge in [0.05, 0.1) is 18.1 Å². The monoisotopic (exact) mass is 281 g/mol. The summed E-state index contributed by atoms with van der Waals surface area (Å²) in [5.41, 5.74) is -0.332. The van der Waals surface area contributed by atoms with Gasteiger partial charge in [-0.2, -0.15) is 0 Å². The van der Waals surface area contributed by atoms with E-state index in [0.29, 0.717) is 0 Å². The van der Waals surface area contributed by atoms with Crippen molar-refractivity contribution in [2.75, 3.05) is 7.11 Å². The van der Waals surface area contributed by atoms with Gasteiger partial charge in [-0.1, -0.05) is 0 Å². The predicted octanol–water partition coefficient (Wildman–Crippen LogP) is 3.67. The largest absolute Gasteiger partial charge is 0.490 e. The number of rotatable bonds is 4. The summed E-state index contributed by atoms with van der Waals surface area (Å²) >= 11 is 0. The van der Waals surface area contributed by atoms with E-state index < -0.39 is 16.6 Å². The molecule has 0 fully saturated rings. The fourth-order valence-corrected chi connectivity index (χ4v) is 1.56. The fourth-order valence-electron chi connectivity index (χ4n) is 1.56. The molecule has 0 amide bonds. The van der Waals surface area contributed by atoms with Gasteiger partial charge in [0.2, 0.25) is 0 Å². The summed E-state index contributed by atoms with van der Waals surface area (Å²) in [4.78, 5) is 10.2. The van der Waals surface area contributed by atoms with Gasteiger partial charge in [-0.3, -0.25) is 10.1 Å². The minimum atomic E-state index is -0.773. The Kier molecular flexibility index (Phi) is 3.79. The molecule has 0 aliphatic heterocycles. The topological polar surface area (TPSA) is 61.6 Å². The highest BCUT2D eigenvalue weighted by Crippen LogP contribution is 2.33. The molecule has 5 nitrogen and oxygen atoms in total. The van der Waals surface area contributed by atoms with Gasteiger partial charge < -0.3 is 9.47 Å². The van der Waals surface area contributed by atoms with Crippen molar-refractivity contribution in [3.05, 3.63) is 58.1 Å². The van der Waals surface area contributed by atoms with Crippen LogP contribution in [0.5, 0.6) is 17.2 Å². The van der Waals surface area contributed by atoms with Crippen molar-refractivity contribution in [2.24, 2.45) is 0 Å². The van der Waals surface area contributed by atoms with Crippen LogP contribution in [0.2, 0.25) is 0 Å². The van der Waals surface area contributed by atoms with Crippen LogP contribution >= 0.6 is 0 Å². The number of hydrogen-bond acceptors (Lipinski definition) is 4. The molecule has 104 valence electrons. The number of nitrogens with zero attached hydrogens (tertiary/aromatic N) is 1. The Morgan fingerprint density at radius 3 is 2.50 bits per heavy atom. The summed E-state index contributed by atoms with van der Waals surface area (Å²) < 4.78 is 36.3. The first kappa shape index (κ1) is 13.7. The lowest BCUT2D eigenvalue weighted by molar-refractivity contribution is -0.385. The van der Waals surface area contributed by atoms with Crippen molar-refractivity contribution >= 4 is 5.69 Å². The van der Waals surface area contributed by atoms with Crippen LogP contribution in [0.1, 0.15) is 0 Å². The molecule has 0 unspecified atom stereocenters. The second kappa shape index (κ2) is 5.52. The number of nitro groups is 1. The second-order valence-corrected chi connectivity index (χ2v) is 3.77. The van der Waals surface area contributed by atoms with E-state index in [-0.39, 0.29) is 22.9 Å². The molecule has 2 rings (SSSR count). The zero-order valence-electron chi connectivity index (χ0n) is 10.3. The molecule has 0 aromatic heterocycles. The first-order valence-electron chi connectivity index (χ1n) is 5.46. The van der Waals surface area contributed by atoms with Crippen LogP contribution in [0.25, 0.3) is 0 Å². The maximum atomic E-state index is 13.4. The Morgan fingerprint density at radius 1 is 1.10 bits per heavy atom. The molecule has 7 heteroatoms. The van der Waals surface area contributed by atoms with Gasteiger partial charge in [0.1, 0.15) is 11.6 Å². The third-order valence-corrected chi connectivity index (χ3v) is 2.47. The van der Waals surface area contributed by atoms with Crippen molar-refractivity contribution in [2.45, 2.75) is 0 Å². The van der Waals surface area contributed by atoms with Gasteiger partial charge in [-0.05, 0) is 24.3 Å². The molecule has 0 heterocycles. The maximum absolute atomic E-state index is 13.4. The lowest BCUT2D eigenvalue weighted by atomic mass is 10.2. The number of ether oxygens (including phenoxy) is 2. The van der Waals surface area contributed by atoms with Gasteiger partial charge in [0.25, 0.3) is 0 Å². The Hall–Kier alpha value is -2.70. The molecule has 0 saturated heterocycles. The van der Waals surface area contributed by atoms with E-state index in [1.54, 1.807) is 0 Å². The summed E-state index contributed by atoms with van der Waals surface area (Å²) in [5, 5.41) is 10.8. The van der Waals surface area contributed by atoms with E-state index in [1.165, 1.54) is 19.2 Å². The van der Waals surface area contributed by atoms with E-state index in [0.717, 1.165) is 24.3 Å². The van der Waals surface area contributed by atoms with Crippen molar-refractivity contribution in [1.29, 1.82) is 0 Å². The molecule has 20 heavy (non-hydrogen) atoms. The molecular weight excluding hydrogens is 272 g/mol. The number of benzene rings is 2. The molecule has 0 atom stereocenters.